The molecule has 33 heavy (non-hydrogen) atoms. The summed E-state index contributed by atoms with van der Waals surface area (Å²) >= 11 is 1.25. The molecule has 168 valence electrons. The smallest absolute Gasteiger partial charge is 0.287 e. The van der Waals surface area contributed by atoms with E-state index in [-0.39, 0.29) is 17.3 Å². The second-order valence-electron chi connectivity index (χ2n) is 7.59. The van der Waals surface area contributed by atoms with Crippen molar-refractivity contribution in [1.29, 1.82) is 0 Å². The maximum absolute atomic E-state index is 13.3. The highest BCUT2D eigenvalue weighted by Gasteiger charge is 2.15. The minimum absolute atomic E-state index is 0.0158. The summed E-state index contributed by atoms with van der Waals surface area (Å²) in [5, 5.41) is 0.380. The van der Waals surface area contributed by atoms with Gasteiger partial charge in [0.25, 0.3) is 5.56 Å². The van der Waals surface area contributed by atoms with Gasteiger partial charge in [0.2, 0.25) is 0 Å². The number of aromatic nitrogens is 2. The molecule has 0 aliphatic rings. The summed E-state index contributed by atoms with van der Waals surface area (Å²) in [6, 6.07) is 13.9. The lowest BCUT2D eigenvalue weighted by Gasteiger charge is -2.09. The molecule has 4 aromatic rings. The lowest BCUT2D eigenvalue weighted by Crippen LogP contribution is -2.38. The summed E-state index contributed by atoms with van der Waals surface area (Å²) in [6.45, 7) is 0.0158. The molecule has 0 radical (unpaired) electrons. The molecular formula is C24H19FN2O4S2. The van der Waals surface area contributed by atoms with E-state index in [1.807, 2.05) is 0 Å². The zero-order valence-electron chi connectivity index (χ0n) is 17.8. The largest absolute Gasteiger partial charge is 0.332 e. The Morgan fingerprint density at radius 2 is 1.76 bits per heavy atom. The van der Waals surface area contributed by atoms with Gasteiger partial charge in [-0.1, -0.05) is 36.1 Å². The van der Waals surface area contributed by atoms with Crippen molar-refractivity contribution in [3.63, 3.8) is 0 Å². The third kappa shape index (κ3) is 4.82. The summed E-state index contributed by atoms with van der Waals surface area (Å²) in [7, 11) is -1.74. The van der Waals surface area contributed by atoms with Crippen LogP contribution in [-0.2, 0) is 29.9 Å². The van der Waals surface area contributed by atoms with Gasteiger partial charge in [0.1, 0.15) is 10.6 Å². The van der Waals surface area contributed by atoms with Crippen LogP contribution in [0.5, 0.6) is 0 Å². The first-order valence-corrected chi connectivity index (χ1v) is 12.6. The molecule has 0 amide bonds. The molecule has 2 heterocycles. The second-order valence-corrected chi connectivity index (χ2v) is 10.6. The molecule has 2 aromatic carbocycles. The number of nitrogens with zero attached hydrogens (tertiary/aromatic N) is 2. The summed E-state index contributed by atoms with van der Waals surface area (Å²) < 4.78 is 39.1. The molecule has 0 aliphatic carbocycles. The van der Waals surface area contributed by atoms with E-state index in [1.54, 1.807) is 37.4 Å². The summed E-state index contributed by atoms with van der Waals surface area (Å²) in [6.07, 6.45) is 1.48. The molecular weight excluding hydrogens is 463 g/mol. The van der Waals surface area contributed by atoms with Crippen LogP contribution >= 0.6 is 11.3 Å². The average molecular weight is 483 g/mol. The standard InChI is InChI=1S/C24H19FN2O4S2/c1-26-23-21(14-19(32-23)8-4-6-16-5-3-7-18(25)13-16)22(28)27(24(26)29)15-17-9-11-20(12-10-17)33(2,30)31/h3,5,7,9-14H,6,15H2,1-2H3. The van der Waals surface area contributed by atoms with Gasteiger partial charge in [-0.2, -0.15) is 0 Å². The fraction of sp³-hybridized carbons (Fsp3) is 0.167. The maximum Gasteiger partial charge on any atom is 0.332 e. The van der Waals surface area contributed by atoms with Crippen molar-refractivity contribution in [2.45, 2.75) is 17.9 Å². The third-order valence-electron chi connectivity index (χ3n) is 5.10. The fourth-order valence-corrected chi connectivity index (χ4v) is 5.00. The molecule has 0 spiro atoms. The highest BCUT2D eigenvalue weighted by atomic mass is 32.2. The van der Waals surface area contributed by atoms with Crippen molar-refractivity contribution in [3.05, 3.63) is 97.3 Å². The molecule has 0 atom stereocenters. The molecule has 4 rings (SSSR count). The number of fused-ring (bicyclic) bond motifs is 1. The molecule has 6 nitrogen and oxygen atoms in total. The number of hydrogen-bond donors (Lipinski definition) is 0. The van der Waals surface area contributed by atoms with Gasteiger partial charge in [-0.25, -0.2) is 17.6 Å². The van der Waals surface area contributed by atoms with Crippen LogP contribution in [0.1, 0.15) is 16.0 Å². The molecule has 0 bridgehead atoms. The molecule has 2 aromatic heterocycles. The molecule has 0 unspecified atom stereocenters. The van der Waals surface area contributed by atoms with E-state index in [1.165, 1.54) is 40.2 Å². The van der Waals surface area contributed by atoms with Crippen LogP contribution < -0.4 is 11.2 Å². The predicted octanol–water partition coefficient (Wildman–Crippen LogP) is 2.95. The van der Waals surface area contributed by atoms with Crippen molar-refractivity contribution < 1.29 is 12.8 Å². The average Bonchev–Trinajstić information content (AvgIpc) is 3.20. The SMILES string of the molecule is Cn1c(=O)n(Cc2ccc(S(C)(=O)=O)cc2)c(=O)c2cc(C#CCc3cccc(F)c3)sc21. The maximum atomic E-state index is 13.3. The van der Waals surface area contributed by atoms with Crippen LogP contribution in [0.2, 0.25) is 0 Å². The lowest BCUT2D eigenvalue weighted by atomic mass is 10.1. The molecule has 0 aliphatic heterocycles. The van der Waals surface area contributed by atoms with Gasteiger partial charge in [-0.3, -0.25) is 13.9 Å². The zero-order valence-corrected chi connectivity index (χ0v) is 19.5. The van der Waals surface area contributed by atoms with Gasteiger partial charge < -0.3 is 0 Å². The Morgan fingerprint density at radius 3 is 2.42 bits per heavy atom. The quantitative estimate of drug-likeness (QED) is 0.419. The molecule has 0 N–H and O–H groups in total. The van der Waals surface area contributed by atoms with Crippen molar-refractivity contribution in [1.82, 2.24) is 9.13 Å². The van der Waals surface area contributed by atoms with E-state index < -0.39 is 21.1 Å². The van der Waals surface area contributed by atoms with E-state index in [9.17, 15) is 22.4 Å². The minimum atomic E-state index is -3.33. The van der Waals surface area contributed by atoms with Gasteiger partial charge in [-0.15, -0.1) is 11.3 Å². The Kier molecular flexibility index (Phi) is 6.06. The third-order valence-corrected chi connectivity index (χ3v) is 7.35. The fourth-order valence-electron chi connectivity index (χ4n) is 3.39. The first-order valence-electron chi connectivity index (χ1n) is 9.89. The van der Waals surface area contributed by atoms with E-state index in [2.05, 4.69) is 11.8 Å². The molecule has 0 saturated heterocycles. The van der Waals surface area contributed by atoms with Crippen molar-refractivity contribution in [2.75, 3.05) is 6.26 Å². The van der Waals surface area contributed by atoms with E-state index in [0.717, 1.165) is 16.4 Å². The number of halogens is 1. The van der Waals surface area contributed by atoms with Gasteiger partial charge in [0, 0.05) is 19.7 Å². The van der Waals surface area contributed by atoms with Crippen molar-refractivity contribution in [3.8, 4) is 11.8 Å². The monoisotopic (exact) mass is 482 g/mol. The highest BCUT2D eigenvalue weighted by molar-refractivity contribution is 7.90. The Balaban J connectivity index is 1.67. The van der Waals surface area contributed by atoms with Crippen LogP contribution in [0, 0.1) is 17.7 Å². The van der Waals surface area contributed by atoms with Gasteiger partial charge in [-0.05, 0) is 41.5 Å². The van der Waals surface area contributed by atoms with Crippen LogP contribution in [0.15, 0.2) is 69.1 Å². The number of aryl methyl sites for hydroxylation is 1. The van der Waals surface area contributed by atoms with Crippen molar-refractivity contribution >= 4 is 31.4 Å². The summed E-state index contributed by atoms with van der Waals surface area (Å²) in [5.74, 6) is 5.65. The molecule has 0 fully saturated rings. The Bertz CT molecular complexity index is 1650. The Morgan fingerprint density at radius 1 is 1.03 bits per heavy atom. The first kappa shape index (κ1) is 22.7. The number of thiophene rings is 1. The first-order chi connectivity index (χ1) is 15.6. The highest BCUT2D eigenvalue weighted by Crippen LogP contribution is 2.21. The van der Waals surface area contributed by atoms with Crippen LogP contribution in [0.4, 0.5) is 4.39 Å². The van der Waals surface area contributed by atoms with Crippen LogP contribution in [0.25, 0.3) is 10.2 Å². The zero-order chi connectivity index (χ0) is 23.8. The molecule has 0 saturated carbocycles. The number of hydrogen-bond acceptors (Lipinski definition) is 5. The van der Waals surface area contributed by atoms with Gasteiger partial charge in [0.15, 0.2) is 9.84 Å². The van der Waals surface area contributed by atoms with Gasteiger partial charge in [0.05, 0.1) is 21.7 Å². The Hall–Kier alpha value is -3.48. The number of rotatable bonds is 4. The predicted molar refractivity (Wildman–Crippen MR) is 127 cm³/mol. The number of sulfone groups is 1. The summed E-state index contributed by atoms with van der Waals surface area (Å²) in [4.78, 5) is 27.2. The normalized spacial score (nSPS) is 11.4. The second kappa shape index (κ2) is 8.81. The lowest BCUT2D eigenvalue weighted by molar-refractivity contribution is 0.601. The van der Waals surface area contributed by atoms with E-state index >= 15 is 0 Å². The summed E-state index contributed by atoms with van der Waals surface area (Å²) in [5.41, 5.74) is 0.474. The van der Waals surface area contributed by atoms with Gasteiger partial charge >= 0.3 is 5.69 Å². The topological polar surface area (TPSA) is 78.1 Å². The van der Waals surface area contributed by atoms with E-state index in [0.29, 0.717) is 27.1 Å². The van der Waals surface area contributed by atoms with Crippen LogP contribution in [0.3, 0.4) is 0 Å². The minimum Gasteiger partial charge on any atom is -0.287 e. The number of benzene rings is 2. The van der Waals surface area contributed by atoms with E-state index in [4.69, 9.17) is 0 Å². The van der Waals surface area contributed by atoms with Crippen molar-refractivity contribution in [2.24, 2.45) is 7.05 Å². The Labute approximate surface area is 193 Å². The van der Waals surface area contributed by atoms with Crippen LogP contribution in [-0.4, -0.2) is 23.8 Å². The molecule has 9 heteroatoms.